The summed E-state index contributed by atoms with van der Waals surface area (Å²) in [5.74, 6) is -1.14. The van der Waals surface area contributed by atoms with Gasteiger partial charge in [-0.1, -0.05) is 0 Å². The molecule has 1 aromatic rings. The Kier molecular flexibility index (Phi) is 4.18. The van der Waals surface area contributed by atoms with Crippen LogP contribution in [0.25, 0.3) is 10.4 Å². The first-order chi connectivity index (χ1) is 9.29. The molecule has 104 valence electrons. The third-order valence-corrected chi connectivity index (χ3v) is 2.29. The zero-order valence-electron chi connectivity index (χ0n) is 10.4. The normalized spacial score (nSPS) is 9.50. The van der Waals surface area contributed by atoms with Crippen LogP contribution >= 0.6 is 0 Å². The maximum Gasteiger partial charge on any atom is 0.300 e. The van der Waals surface area contributed by atoms with Crippen LogP contribution in [0.2, 0.25) is 0 Å². The molecule has 0 atom stereocenters. The number of carbonyl (C=O) groups excluding carboxylic acids is 1. The fraction of sp³-hybridized carbons (Fsp3) is 0.222. The molecule has 0 radical (unpaired) electrons. The Morgan fingerprint density at radius 1 is 1.25 bits per heavy atom. The van der Waals surface area contributed by atoms with Crippen molar-refractivity contribution in [1.29, 1.82) is 0 Å². The number of amides is 1. The predicted molar refractivity (Wildman–Crippen MR) is 67.6 cm³/mol. The molecule has 0 aliphatic rings. The summed E-state index contributed by atoms with van der Waals surface area (Å²) < 4.78 is 0. The second kappa shape index (κ2) is 5.63. The summed E-state index contributed by atoms with van der Waals surface area (Å²) in [6, 6.07) is 1.67. The van der Waals surface area contributed by atoms with Gasteiger partial charge in [0, 0.05) is 36.7 Å². The number of hydrogen-bond acceptors (Lipinski definition) is 6. The van der Waals surface area contributed by atoms with E-state index in [2.05, 4.69) is 10.0 Å². The number of nitro groups is 2. The highest BCUT2D eigenvalue weighted by Crippen LogP contribution is 2.37. The van der Waals surface area contributed by atoms with E-state index in [4.69, 9.17) is 5.53 Å². The van der Waals surface area contributed by atoms with Crippen LogP contribution in [0.4, 0.5) is 17.1 Å². The smallest absolute Gasteiger partial charge is 0.300 e. The van der Waals surface area contributed by atoms with Crippen molar-refractivity contribution < 1.29 is 14.6 Å². The van der Waals surface area contributed by atoms with E-state index in [-0.39, 0.29) is 5.69 Å². The summed E-state index contributed by atoms with van der Waals surface area (Å²) >= 11 is 0. The van der Waals surface area contributed by atoms with E-state index in [9.17, 15) is 25.0 Å². The summed E-state index contributed by atoms with van der Waals surface area (Å²) in [7, 11) is 2.79. The molecule has 20 heavy (non-hydrogen) atoms. The Balaban J connectivity index is 3.71. The molecular weight excluding hydrogens is 272 g/mol. The van der Waals surface area contributed by atoms with Crippen molar-refractivity contribution in [3.63, 3.8) is 0 Å². The third-order valence-electron chi connectivity index (χ3n) is 2.29. The summed E-state index contributed by atoms with van der Waals surface area (Å²) in [5, 5.41) is 24.7. The van der Waals surface area contributed by atoms with Crippen LogP contribution in [0.3, 0.4) is 0 Å². The number of carbonyl (C=O) groups is 1. The quantitative estimate of drug-likeness (QED) is 0.270. The minimum Gasteiger partial charge on any atom is -0.366 e. The number of nitrogens with zero attached hydrogens (tertiary/aromatic N) is 6. The SMILES string of the molecule is CN(C)c1c([N+](=O)[O-])cc(C(=O)N=[N+]=[N-])cc1[N+](=O)[O-]. The van der Waals surface area contributed by atoms with Crippen molar-refractivity contribution in [2.24, 2.45) is 5.11 Å². The van der Waals surface area contributed by atoms with Crippen molar-refractivity contribution in [3.05, 3.63) is 48.4 Å². The summed E-state index contributed by atoms with van der Waals surface area (Å²) in [5.41, 5.74) is 6.23. The van der Waals surface area contributed by atoms with E-state index in [0.29, 0.717) is 0 Å². The average molecular weight is 280 g/mol. The van der Waals surface area contributed by atoms with E-state index in [1.54, 1.807) is 0 Å². The van der Waals surface area contributed by atoms with Gasteiger partial charge in [0.2, 0.25) is 5.91 Å². The van der Waals surface area contributed by atoms with Gasteiger partial charge in [0.25, 0.3) is 11.4 Å². The number of benzene rings is 1. The molecule has 0 saturated heterocycles. The lowest BCUT2D eigenvalue weighted by atomic mass is 10.1. The number of nitro benzene ring substituents is 2. The van der Waals surface area contributed by atoms with E-state index in [1.165, 1.54) is 19.0 Å². The Morgan fingerprint density at radius 3 is 2.00 bits per heavy atom. The largest absolute Gasteiger partial charge is 0.366 e. The van der Waals surface area contributed by atoms with Gasteiger partial charge in [0.05, 0.1) is 9.85 Å². The van der Waals surface area contributed by atoms with Crippen LogP contribution < -0.4 is 4.90 Å². The lowest BCUT2D eigenvalue weighted by Crippen LogP contribution is -2.14. The molecule has 0 fully saturated rings. The first-order valence-corrected chi connectivity index (χ1v) is 5.03. The highest BCUT2D eigenvalue weighted by atomic mass is 16.6. The maximum absolute atomic E-state index is 11.4. The van der Waals surface area contributed by atoms with Gasteiger partial charge in [-0.3, -0.25) is 25.0 Å². The van der Waals surface area contributed by atoms with Gasteiger partial charge in [-0.05, 0) is 10.6 Å². The lowest BCUT2D eigenvalue weighted by molar-refractivity contribution is -0.392. The Morgan fingerprint density at radius 2 is 1.70 bits per heavy atom. The summed E-state index contributed by atoms with van der Waals surface area (Å²) in [4.78, 5) is 35.1. The molecule has 0 aliphatic carbocycles. The average Bonchev–Trinajstić information content (AvgIpc) is 2.36. The van der Waals surface area contributed by atoms with Crippen LogP contribution in [0.5, 0.6) is 0 Å². The van der Waals surface area contributed by atoms with Crippen LogP contribution in [0, 0.1) is 20.2 Å². The number of hydrogen-bond donors (Lipinski definition) is 0. The molecule has 0 unspecified atom stereocenters. The molecule has 0 spiro atoms. The topological polar surface area (TPSA) is 155 Å². The maximum atomic E-state index is 11.4. The molecule has 0 N–H and O–H groups in total. The van der Waals surface area contributed by atoms with Crippen LogP contribution in [-0.4, -0.2) is 29.8 Å². The molecule has 1 amide bonds. The first kappa shape index (κ1) is 14.9. The van der Waals surface area contributed by atoms with Crippen molar-refractivity contribution in [1.82, 2.24) is 0 Å². The first-order valence-electron chi connectivity index (χ1n) is 5.03. The molecule has 11 heteroatoms. The Bertz CT molecular complexity index is 613. The Hall–Kier alpha value is -3.20. The highest BCUT2D eigenvalue weighted by Gasteiger charge is 2.29. The van der Waals surface area contributed by atoms with Crippen molar-refractivity contribution >= 4 is 23.0 Å². The molecule has 0 aromatic heterocycles. The molecule has 0 aliphatic heterocycles. The van der Waals surface area contributed by atoms with Gasteiger partial charge in [0.1, 0.15) is 0 Å². The summed E-state index contributed by atoms with van der Waals surface area (Å²) in [6.45, 7) is 0. The molecule has 0 saturated carbocycles. The fourth-order valence-corrected chi connectivity index (χ4v) is 1.56. The van der Waals surface area contributed by atoms with E-state index in [1.807, 2.05) is 0 Å². The fourth-order valence-electron chi connectivity index (χ4n) is 1.56. The summed E-state index contributed by atoms with van der Waals surface area (Å²) in [6.07, 6.45) is 0. The number of azide groups is 1. The zero-order valence-corrected chi connectivity index (χ0v) is 10.4. The van der Waals surface area contributed by atoms with Gasteiger partial charge >= 0.3 is 0 Å². The van der Waals surface area contributed by atoms with E-state index < -0.39 is 32.7 Å². The van der Waals surface area contributed by atoms with E-state index in [0.717, 1.165) is 12.1 Å². The molecule has 0 bridgehead atoms. The minimum absolute atomic E-state index is 0.252. The Labute approximate surface area is 111 Å². The molecule has 0 heterocycles. The number of anilines is 1. The zero-order chi connectivity index (χ0) is 15.4. The van der Waals surface area contributed by atoms with Crippen molar-refractivity contribution in [3.8, 4) is 0 Å². The van der Waals surface area contributed by atoms with Crippen molar-refractivity contribution in [2.45, 2.75) is 0 Å². The molecule has 1 aromatic carbocycles. The minimum atomic E-state index is -1.14. The molecular formula is C9H8N6O5. The van der Waals surface area contributed by atoms with Gasteiger partial charge < -0.3 is 4.90 Å². The van der Waals surface area contributed by atoms with Crippen LogP contribution in [-0.2, 0) is 0 Å². The monoisotopic (exact) mass is 280 g/mol. The van der Waals surface area contributed by atoms with Gasteiger partial charge in [0.15, 0.2) is 5.69 Å². The third kappa shape index (κ3) is 2.79. The second-order valence-electron chi connectivity index (χ2n) is 3.77. The second-order valence-corrected chi connectivity index (χ2v) is 3.77. The van der Waals surface area contributed by atoms with Crippen LogP contribution in [0.1, 0.15) is 10.4 Å². The highest BCUT2D eigenvalue weighted by molar-refractivity contribution is 5.98. The number of rotatable bonds is 4. The predicted octanol–water partition coefficient (Wildman–Crippen LogP) is 2.02. The molecule has 11 nitrogen and oxygen atoms in total. The standard InChI is InChI=1S/C9H8N6O5/c1-13(2)8-6(14(17)18)3-5(9(16)11-12-10)4-7(8)15(19)20/h3-4H,1-2H3. The van der Waals surface area contributed by atoms with Gasteiger partial charge in [-0.15, -0.1) is 0 Å². The van der Waals surface area contributed by atoms with Crippen LogP contribution in [0.15, 0.2) is 17.2 Å². The lowest BCUT2D eigenvalue weighted by Gasteiger charge is -2.13. The molecule has 1 rings (SSSR count). The van der Waals surface area contributed by atoms with Crippen molar-refractivity contribution in [2.75, 3.05) is 19.0 Å². The van der Waals surface area contributed by atoms with Gasteiger partial charge in [-0.25, -0.2) is 0 Å². The van der Waals surface area contributed by atoms with Gasteiger partial charge in [-0.2, -0.15) is 0 Å². The van der Waals surface area contributed by atoms with E-state index >= 15 is 0 Å².